The lowest BCUT2D eigenvalue weighted by Crippen LogP contribution is -2.18. The Kier molecular flexibility index (Phi) is 4.70. The number of hydrogen-bond donors (Lipinski definition) is 1. The van der Waals surface area contributed by atoms with E-state index >= 15 is 0 Å². The van der Waals surface area contributed by atoms with E-state index in [4.69, 9.17) is 9.47 Å². The highest BCUT2D eigenvalue weighted by molar-refractivity contribution is 5.93. The third kappa shape index (κ3) is 3.35. The van der Waals surface area contributed by atoms with Crippen molar-refractivity contribution in [2.45, 2.75) is 13.5 Å². The molecule has 0 aliphatic rings. The number of nitrogens with one attached hydrogen (secondary N) is 1. The minimum absolute atomic E-state index is 0.101. The molecule has 1 N–H and O–H groups in total. The Balaban J connectivity index is 1.76. The number of benzene rings is 2. The van der Waals surface area contributed by atoms with E-state index in [1.165, 1.54) is 0 Å². The van der Waals surface area contributed by atoms with Gasteiger partial charge >= 0.3 is 0 Å². The number of hydrogen-bond acceptors (Lipinski definition) is 3. The molecule has 3 aromatic rings. The van der Waals surface area contributed by atoms with Crippen LogP contribution in [-0.2, 0) is 11.3 Å². The second-order valence-corrected chi connectivity index (χ2v) is 5.35. The Labute approximate surface area is 140 Å². The fourth-order valence-corrected chi connectivity index (χ4v) is 2.64. The highest BCUT2D eigenvalue weighted by Gasteiger charge is 2.10. The molecule has 0 saturated carbocycles. The Bertz CT molecular complexity index is 855. The average Bonchev–Trinajstić information content (AvgIpc) is 2.99. The first-order valence-corrected chi connectivity index (χ1v) is 7.86. The van der Waals surface area contributed by atoms with Crippen molar-refractivity contribution in [3.63, 3.8) is 0 Å². The zero-order chi connectivity index (χ0) is 16.9. The van der Waals surface area contributed by atoms with Crippen LogP contribution in [0.1, 0.15) is 6.92 Å². The summed E-state index contributed by atoms with van der Waals surface area (Å²) < 4.78 is 12.7. The van der Waals surface area contributed by atoms with Gasteiger partial charge in [-0.1, -0.05) is 12.1 Å². The number of carbonyl (C=O) groups excluding carboxylic acids is 1. The van der Waals surface area contributed by atoms with Crippen LogP contribution in [0.25, 0.3) is 10.9 Å². The molecule has 0 radical (unpaired) electrons. The molecule has 0 aliphatic heterocycles. The van der Waals surface area contributed by atoms with E-state index in [-0.39, 0.29) is 12.5 Å². The molecule has 1 heterocycles. The molecular formula is C19H20N2O3. The molecule has 0 atom stereocenters. The molecule has 3 rings (SSSR count). The van der Waals surface area contributed by atoms with Crippen LogP contribution in [0.15, 0.2) is 54.7 Å². The molecule has 0 bridgehead atoms. The first-order chi connectivity index (χ1) is 11.7. The number of aromatic nitrogens is 1. The van der Waals surface area contributed by atoms with E-state index in [1.807, 2.05) is 66.2 Å². The van der Waals surface area contributed by atoms with Gasteiger partial charge in [0.15, 0.2) is 0 Å². The van der Waals surface area contributed by atoms with Crippen molar-refractivity contribution in [3.8, 4) is 11.5 Å². The molecule has 124 valence electrons. The third-order valence-electron chi connectivity index (χ3n) is 3.75. The van der Waals surface area contributed by atoms with Crippen LogP contribution in [0.2, 0.25) is 0 Å². The van der Waals surface area contributed by atoms with Crippen LogP contribution in [0.4, 0.5) is 5.69 Å². The zero-order valence-corrected chi connectivity index (χ0v) is 13.8. The topological polar surface area (TPSA) is 52.5 Å². The maximum absolute atomic E-state index is 12.4. The van der Waals surface area contributed by atoms with Gasteiger partial charge in [-0.2, -0.15) is 0 Å². The number of nitrogens with zero attached hydrogens (tertiary/aromatic N) is 1. The van der Waals surface area contributed by atoms with Crippen molar-refractivity contribution in [3.05, 3.63) is 54.7 Å². The molecule has 0 spiro atoms. The van der Waals surface area contributed by atoms with Gasteiger partial charge < -0.3 is 19.4 Å². The lowest BCUT2D eigenvalue weighted by Gasteiger charge is -2.12. The van der Waals surface area contributed by atoms with Gasteiger partial charge in [0.1, 0.15) is 18.0 Å². The number of para-hydroxylation sites is 2. The molecule has 1 amide bonds. The number of rotatable bonds is 6. The normalized spacial score (nSPS) is 10.6. The van der Waals surface area contributed by atoms with Crippen molar-refractivity contribution < 1.29 is 14.3 Å². The number of ether oxygens (including phenoxy) is 2. The minimum Gasteiger partial charge on any atom is -0.497 e. The predicted molar refractivity (Wildman–Crippen MR) is 94.7 cm³/mol. The van der Waals surface area contributed by atoms with E-state index in [2.05, 4.69) is 5.32 Å². The molecule has 2 aromatic carbocycles. The van der Waals surface area contributed by atoms with Crippen LogP contribution in [0.5, 0.6) is 11.5 Å². The average molecular weight is 324 g/mol. The summed E-state index contributed by atoms with van der Waals surface area (Å²) in [6.45, 7) is 2.70. The van der Waals surface area contributed by atoms with Crippen LogP contribution in [0, 0.1) is 0 Å². The summed E-state index contributed by atoms with van der Waals surface area (Å²) >= 11 is 0. The number of fused-ring (bicyclic) bond motifs is 1. The largest absolute Gasteiger partial charge is 0.497 e. The van der Waals surface area contributed by atoms with E-state index in [9.17, 15) is 4.79 Å². The number of anilines is 1. The molecule has 5 nitrogen and oxygen atoms in total. The minimum atomic E-state index is -0.101. The summed E-state index contributed by atoms with van der Waals surface area (Å²) in [5, 5.41) is 3.95. The fraction of sp³-hybridized carbons (Fsp3) is 0.211. The lowest BCUT2D eigenvalue weighted by molar-refractivity contribution is -0.116. The number of amides is 1. The second-order valence-electron chi connectivity index (χ2n) is 5.35. The molecule has 24 heavy (non-hydrogen) atoms. The molecular weight excluding hydrogens is 304 g/mol. The fourth-order valence-electron chi connectivity index (χ4n) is 2.64. The molecule has 0 unspecified atom stereocenters. The van der Waals surface area contributed by atoms with Gasteiger partial charge in [-0.25, -0.2) is 0 Å². The SMILES string of the molecule is CCOc1ccccc1NC(=O)Cn1ccc2cc(OC)ccc21. The van der Waals surface area contributed by atoms with E-state index in [0.717, 1.165) is 16.7 Å². The summed E-state index contributed by atoms with van der Waals surface area (Å²) in [5.74, 6) is 1.38. The third-order valence-corrected chi connectivity index (χ3v) is 3.75. The standard InChI is InChI=1S/C19H20N2O3/c1-3-24-18-7-5-4-6-16(18)20-19(22)13-21-11-10-14-12-15(23-2)8-9-17(14)21/h4-12H,3,13H2,1-2H3,(H,20,22). The van der Waals surface area contributed by atoms with Crippen molar-refractivity contribution in [2.24, 2.45) is 0 Å². The first-order valence-electron chi connectivity index (χ1n) is 7.86. The van der Waals surface area contributed by atoms with Gasteiger partial charge in [0.25, 0.3) is 0 Å². The van der Waals surface area contributed by atoms with Gasteiger partial charge in [-0.3, -0.25) is 4.79 Å². The highest BCUT2D eigenvalue weighted by atomic mass is 16.5. The first kappa shape index (κ1) is 15.9. The second kappa shape index (κ2) is 7.08. The van der Waals surface area contributed by atoms with Gasteiger partial charge in [0.2, 0.25) is 5.91 Å². The molecule has 1 aromatic heterocycles. The van der Waals surface area contributed by atoms with Crippen molar-refractivity contribution >= 4 is 22.5 Å². The maximum atomic E-state index is 12.4. The van der Waals surface area contributed by atoms with Gasteiger partial charge in [-0.05, 0) is 43.3 Å². The number of methoxy groups -OCH3 is 1. The van der Waals surface area contributed by atoms with Crippen LogP contribution in [-0.4, -0.2) is 24.2 Å². The Morgan fingerprint density at radius 1 is 1.17 bits per heavy atom. The summed E-state index contributed by atoms with van der Waals surface area (Å²) in [5.41, 5.74) is 1.67. The monoisotopic (exact) mass is 324 g/mol. The Hall–Kier alpha value is -2.95. The lowest BCUT2D eigenvalue weighted by atomic mass is 10.2. The van der Waals surface area contributed by atoms with Gasteiger partial charge in [-0.15, -0.1) is 0 Å². The predicted octanol–water partition coefficient (Wildman–Crippen LogP) is 3.69. The number of carbonyl (C=O) groups is 1. The van der Waals surface area contributed by atoms with Crippen LogP contribution >= 0.6 is 0 Å². The summed E-state index contributed by atoms with van der Waals surface area (Å²) in [6.07, 6.45) is 1.90. The van der Waals surface area contributed by atoms with Crippen LogP contribution in [0.3, 0.4) is 0 Å². The van der Waals surface area contributed by atoms with Gasteiger partial charge in [0.05, 0.1) is 19.4 Å². The van der Waals surface area contributed by atoms with Crippen molar-refractivity contribution in [2.75, 3.05) is 19.0 Å². The summed E-state index contributed by atoms with van der Waals surface area (Å²) in [7, 11) is 1.64. The Morgan fingerprint density at radius 3 is 2.79 bits per heavy atom. The van der Waals surface area contributed by atoms with Crippen molar-refractivity contribution in [1.29, 1.82) is 0 Å². The molecule has 0 fully saturated rings. The van der Waals surface area contributed by atoms with Crippen molar-refractivity contribution in [1.82, 2.24) is 4.57 Å². The summed E-state index contributed by atoms with van der Waals surface area (Å²) in [6, 6.07) is 15.2. The smallest absolute Gasteiger partial charge is 0.244 e. The quantitative estimate of drug-likeness (QED) is 0.752. The Morgan fingerprint density at radius 2 is 2.00 bits per heavy atom. The van der Waals surface area contributed by atoms with E-state index in [1.54, 1.807) is 7.11 Å². The van der Waals surface area contributed by atoms with E-state index in [0.29, 0.717) is 18.0 Å². The molecule has 0 aliphatic carbocycles. The maximum Gasteiger partial charge on any atom is 0.244 e. The van der Waals surface area contributed by atoms with Gasteiger partial charge in [0, 0.05) is 17.1 Å². The summed E-state index contributed by atoms with van der Waals surface area (Å²) in [4.78, 5) is 12.4. The highest BCUT2D eigenvalue weighted by Crippen LogP contribution is 2.24. The van der Waals surface area contributed by atoms with Crippen LogP contribution < -0.4 is 14.8 Å². The molecule has 0 saturated heterocycles. The molecule has 5 heteroatoms. The van der Waals surface area contributed by atoms with E-state index < -0.39 is 0 Å². The zero-order valence-electron chi connectivity index (χ0n) is 13.8.